The standard InChI is InChI=1S/C15H13ClN2O/c1-18-10-12-3-2-4-13(7-12)19-15-6-5-11(9-17)8-14(15)16/h2-8,18H,10H2,1H3. The maximum atomic E-state index is 8.78. The van der Waals surface area contributed by atoms with E-state index in [1.54, 1.807) is 18.2 Å². The van der Waals surface area contributed by atoms with Crippen LogP contribution < -0.4 is 10.1 Å². The summed E-state index contributed by atoms with van der Waals surface area (Å²) >= 11 is 6.07. The van der Waals surface area contributed by atoms with Crippen LogP contribution in [-0.4, -0.2) is 7.05 Å². The zero-order valence-electron chi connectivity index (χ0n) is 10.5. The molecule has 2 rings (SSSR count). The highest BCUT2D eigenvalue weighted by Crippen LogP contribution is 2.30. The van der Waals surface area contributed by atoms with Crippen LogP contribution in [-0.2, 0) is 6.54 Å². The van der Waals surface area contributed by atoms with Gasteiger partial charge in [0.2, 0.25) is 0 Å². The number of hydrogen-bond acceptors (Lipinski definition) is 3. The Bertz CT molecular complexity index is 620. The molecule has 0 atom stereocenters. The van der Waals surface area contributed by atoms with Crippen molar-refractivity contribution in [3.8, 4) is 17.6 Å². The molecule has 4 heteroatoms. The molecule has 0 amide bonds. The van der Waals surface area contributed by atoms with E-state index in [2.05, 4.69) is 5.32 Å². The average molecular weight is 273 g/mol. The van der Waals surface area contributed by atoms with Crippen molar-refractivity contribution in [2.75, 3.05) is 7.05 Å². The van der Waals surface area contributed by atoms with E-state index in [1.165, 1.54) is 0 Å². The van der Waals surface area contributed by atoms with Crippen molar-refractivity contribution in [2.24, 2.45) is 0 Å². The first-order valence-electron chi connectivity index (χ1n) is 5.84. The van der Waals surface area contributed by atoms with Gasteiger partial charge >= 0.3 is 0 Å². The minimum Gasteiger partial charge on any atom is -0.456 e. The second kappa shape index (κ2) is 6.24. The molecular weight excluding hydrogens is 260 g/mol. The number of halogens is 1. The molecule has 96 valence electrons. The second-order valence-electron chi connectivity index (χ2n) is 4.04. The van der Waals surface area contributed by atoms with E-state index in [0.717, 1.165) is 17.9 Å². The maximum Gasteiger partial charge on any atom is 0.146 e. The highest BCUT2D eigenvalue weighted by Gasteiger charge is 2.05. The number of hydrogen-bond donors (Lipinski definition) is 1. The lowest BCUT2D eigenvalue weighted by atomic mass is 10.2. The van der Waals surface area contributed by atoms with Crippen LogP contribution in [0.1, 0.15) is 11.1 Å². The number of nitrogens with one attached hydrogen (secondary N) is 1. The first kappa shape index (κ1) is 13.4. The molecule has 0 unspecified atom stereocenters. The summed E-state index contributed by atoms with van der Waals surface area (Å²) in [5.41, 5.74) is 1.64. The fourth-order valence-electron chi connectivity index (χ4n) is 1.70. The largest absolute Gasteiger partial charge is 0.456 e. The first-order chi connectivity index (χ1) is 9.22. The number of rotatable bonds is 4. The van der Waals surface area contributed by atoms with Gasteiger partial charge in [-0.05, 0) is 42.9 Å². The predicted octanol–water partition coefficient (Wildman–Crippen LogP) is 3.72. The van der Waals surface area contributed by atoms with Crippen LogP contribution >= 0.6 is 11.6 Å². The molecule has 19 heavy (non-hydrogen) atoms. The summed E-state index contributed by atoms with van der Waals surface area (Å²) in [6, 6.07) is 14.8. The monoisotopic (exact) mass is 272 g/mol. The van der Waals surface area contributed by atoms with Crippen molar-refractivity contribution < 1.29 is 4.74 Å². The fraction of sp³-hybridized carbons (Fsp3) is 0.133. The van der Waals surface area contributed by atoms with Crippen molar-refractivity contribution >= 4 is 11.6 Å². The summed E-state index contributed by atoms with van der Waals surface area (Å²) in [5.74, 6) is 1.27. The Morgan fingerprint density at radius 3 is 2.79 bits per heavy atom. The SMILES string of the molecule is CNCc1cccc(Oc2ccc(C#N)cc2Cl)c1. The van der Waals surface area contributed by atoms with Crippen molar-refractivity contribution in [3.63, 3.8) is 0 Å². The molecule has 2 aromatic carbocycles. The maximum absolute atomic E-state index is 8.78. The van der Waals surface area contributed by atoms with E-state index in [4.69, 9.17) is 21.6 Å². The third-order valence-corrected chi connectivity index (χ3v) is 2.86. The molecule has 0 fully saturated rings. The lowest BCUT2D eigenvalue weighted by molar-refractivity contribution is 0.482. The van der Waals surface area contributed by atoms with Crippen molar-refractivity contribution in [1.29, 1.82) is 5.26 Å². The first-order valence-corrected chi connectivity index (χ1v) is 6.22. The summed E-state index contributed by atoms with van der Waals surface area (Å²) in [6.07, 6.45) is 0. The zero-order chi connectivity index (χ0) is 13.7. The van der Waals surface area contributed by atoms with Gasteiger partial charge in [-0.3, -0.25) is 0 Å². The smallest absolute Gasteiger partial charge is 0.146 e. The van der Waals surface area contributed by atoms with Crippen LogP contribution in [0.5, 0.6) is 11.5 Å². The van der Waals surface area contributed by atoms with Gasteiger partial charge in [0.25, 0.3) is 0 Å². The summed E-state index contributed by atoms with van der Waals surface area (Å²) in [4.78, 5) is 0. The van der Waals surface area contributed by atoms with Crippen LogP contribution in [0.4, 0.5) is 0 Å². The molecule has 0 radical (unpaired) electrons. The van der Waals surface area contributed by atoms with Gasteiger partial charge in [-0.1, -0.05) is 23.7 Å². The summed E-state index contributed by atoms with van der Waals surface area (Å²) in [6.45, 7) is 0.776. The van der Waals surface area contributed by atoms with Gasteiger partial charge in [0, 0.05) is 6.54 Å². The highest BCUT2D eigenvalue weighted by atomic mass is 35.5. The second-order valence-corrected chi connectivity index (χ2v) is 4.44. The van der Waals surface area contributed by atoms with E-state index in [0.29, 0.717) is 16.3 Å². The number of benzene rings is 2. The third kappa shape index (κ3) is 3.47. The fourth-order valence-corrected chi connectivity index (χ4v) is 1.92. The molecular formula is C15H13ClN2O. The molecule has 2 aromatic rings. The topological polar surface area (TPSA) is 45.0 Å². The van der Waals surface area contributed by atoms with Crippen molar-refractivity contribution in [1.82, 2.24) is 5.32 Å². The van der Waals surface area contributed by atoms with Gasteiger partial charge in [0.05, 0.1) is 16.7 Å². The predicted molar refractivity (Wildman–Crippen MR) is 75.4 cm³/mol. The van der Waals surface area contributed by atoms with Gasteiger partial charge in [0.15, 0.2) is 0 Å². The highest BCUT2D eigenvalue weighted by molar-refractivity contribution is 6.32. The molecule has 0 saturated carbocycles. The summed E-state index contributed by atoms with van der Waals surface area (Å²) < 4.78 is 5.73. The lowest BCUT2D eigenvalue weighted by Gasteiger charge is -2.09. The van der Waals surface area contributed by atoms with Crippen LogP contribution in [0.3, 0.4) is 0 Å². The number of nitrogens with zero attached hydrogens (tertiary/aromatic N) is 1. The Hall–Kier alpha value is -2.02. The molecule has 0 heterocycles. The summed E-state index contributed by atoms with van der Waals surface area (Å²) in [7, 11) is 1.89. The van der Waals surface area contributed by atoms with E-state index in [-0.39, 0.29) is 0 Å². The molecule has 0 spiro atoms. The molecule has 0 saturated heterocycles. The van der Waals surface area contributed by atoms with Gasteiger partial charge in [0.1, 0.15) is 11.5 Å². The minimum absolute atomic E-state index is 0.429. The normalized spacial score (nSPS) is 9.95. The Morgan fingerprint density at radius 2 is 2.11 bits per heavy atom. The van der Waals surface area contributed by atoms with Gasteiger partial charge < -0.3 is 10.1 Å². The molecule has 3 nitrogen and oxygen atoms in total. The van der Waals surface area contributed by atoms with Gasteiger partial charge in [-0.15, -0.1) is 0 Å². The van der Waals surface area contributed by atoms with Crippen molar-refractivity contribution in [3.05, 3.63) is 58.6 Å². The molecule has 0 bridgehead atoms. The van der Waals surface area contributed by atoms with Crippen molar-refractivity contribution in [2.45, 2.75) is 6.54 Å². The van der Waals surface area contributed by atoms with Gasteiger partial charge in [-0.25, -0.2) is 0 Å². The van der Waals surface area contributed by atoms with Crippen LogP contribution in [0, 0.1) is 11.3 Å². The Balaban J connectivity index is 2.21. The van der Waals surface area contributed by atoms with Crippen LogP contribution in [0.15, 0.2) is 42.5 Å². The summed E-state index contributed by atoms with van der Waals surface area (Å²) in [5, 5.41) is 12.3. The van der Waals surface area contributed by atoms with E-state index in [9.17, 15) is 0 Å². The van der Waals surface area contributed by atoms with E-state index in [1.807, 2.05) is 37.4 Å². The van der Waals surface area contributed by atoms with Crippen LogP contribution in [0.25, 0.3) is 0 Å². The van der Waals surface area contributed by atoms with Crippen LogP contribution in [0.2, 0.25) is 5.02 Å². The minimum atomic E-state index is 0.429. The molecule has 1 N–H and O–H groups in total. The third-order valence-electron chi connectivity index (χ3n) is 2.57. The number of nitriles is 1. The molecule has 0 aliphatic heterocycles. The molecule has 0 aromatic heterocycles. The quantitative estimate of drug-likeness (QED) is 0.922. The van der Waals surface area contributed by atoms with E-state index < -0.39 is 0 Å². The van der Waals surface area contributed by atoms with E-state index >= 15 is 0 Å². The van der Waals surface area contributed by atoms with Gasteiger partial charge in [-0.2, -0.15) is 5.26 Å². The Morgan fingerprint density at radius 1 is 1.26 bits per heavy atom. The lowest BCUT2D eigenvalue weighted by Crippen LogP contribution is -2.04. The zero-order valence-corrected chi connectivity index (χ0v) is 11.2. The Kier molecular flexibility index (Phi) is 4.40. The molecule has 0 aliphatic carbocycles. The molecule has 0 aliphatic rings. The average Bonchev–Trinajstić information content (AvgIpc) is 2.42. The number of ether oxygens (including phenoxy) is 1. The Labute approximate surface area is 117 Å².